The molecule has 2 rings (SSSR count). The highest BCUT2D eigenvalue weighted by Gasteiger charge is 2.19. The van der Waals surface area contributed by atoms with Gasteiger partial charge in [-0.05, 0) is 12.8 Å². The maximum absolute atomic E-state index is 8.69. The second-order valence-corrected chi connectivity index (χ2v) is 4.63. The van der Waals surface area contributed by atoms with Crippen LogP contribution in [0, 0.1) is 11.3 Å². The normalized spacial score (nSPS) is 16.4. The van der Waals surface area contributed by atoms with Crippen LogP contribution in [-0.2, 0) is 12.8 Å². The van der Waals surface area contributed by atoms with E-state index in [1.807, 2.05) is 0 Å². The van der Waals surface area contributed by atoms with Crippen LogP contribution in [0.25, 0.3) is 0 Å². The summed E-state index contributed by atoms with van der Waals surface area (Å²) in [5, 5.41) is 17.2. The van der Waals surface area contributed by atoms with E-state index in [0.29, 0.717) is 6.54 Å². The van der Waals surface area contributed by atoms with Crippen molar-refractivity contribution < 1.29 is 0 Å². The molecule has 6 nitrogen and oxygen atoms in total. The Labute approximate surface area is 114 Å². The summed E-state index contributed by atoms with van der Waals surface area (Å²) in [5.41, 5.74) is 2.04. The molecule has 0 aliphatic carbocycles. The smallest absolute Gasteiger partial charge is 0.245 e. The quantitative estimate of drug-likeness (QED) is 0.740. The molecule has 0 aromatic carbocycles. The van der Waals surface area contributed by atoms with Crippen LogP contribution in [0.1, 0.15) is 25.2 Å². The first kappa shape index (κ1) is 13.7. The van der Waals surface area contributed by atoms with E-state index in [9.17, 15) is 0 Å². The first-order chi connectivity index (χ1) is 9.28. The van der Waals surface area contributed by atoms with Gasteiger partial charge in [0.2, 0.25) is 5.95 Å². The number of nitriles is 1. The van der Waals surface area contributed by atoms with Crippen molar-refractivity contribution in [2.24, 2.45) is 0 Å². The van der Waals surface area contributed by atoms with Gasteiger partial charge in [-0.25, -0.2) is 4.98 Å². The third-order valence-corrected chi connectivity index (χ3v) is 3.45. The van der Waals surface area contributed by atoms with Crippen molar-refractivity contribution in [3.05, 3.63) is 11.4 Å². The summed E-state index contributed by atoms with van der Waals surface area (Å²) < 4.78 is 0. The van der Waals surface area contributed by atoms with E-state index in [2.05, 4.69) is 44.9 Å². The molecule has 0 unspecified atom stereocenters. The average Bonchev–Trinajstić information content (AvgIpc) is 2.47. The number of aromatic nitrogens is 3. The molecule has 0 atom stereocenters. The van der Waals surface area contributed by atoms with E-state index < -0.39 is 0 Å². The Morgan fingerprint density at radius 2 is 1.74 bits per heavy atom. The van der Waals surface area contributed by atoms with Gasteiger partial charge in [-0.3, -0.25) is 4.90 Å². The van der Waals surface area contributed by atoms with Crippen LogP contribution in [0.3, 0.4) is 0 Å². The van der Waals surface area contributed by atoms with Crippen molar-refractivity contribution in [2.45, 2.75) is 26.7 Å². The van der Waals surface area contributed by atoms with Crippen LogP contribution in [0.15, 0.2) is 0 Å². The van der Waals surface area contributed by atoms with Crippen molar-refractivity contribution in [2.75, 3.05) is 37.6 Å². The molecule has 102 valence electrons. The third-order valence-electron chi connectivity index (χ3n) is 3.45. The molecule has 6 heteroatoms. The van der Waals surface area contributed by atoms with Crippen LogP contribution in [0.5, 0.6) is 0 Å². The molecular weight excluding hydrogens is 240 g/mol. The Hall–Kier alpha value is -1.74. The fourth-order valence-corrected chi connectivity index (χ4v) is 2.27. The zero-order chi connectivity index (χ0) is 13.7. The van der Waals surface area contributed by atoms with Crippen molar-refractivity contribution >= 4 is 5.95 Å². The van der Waals surface area contributed by atoms with Gasteiger partial charge in [0.1, 0.15) is 0 Å². The predicted molar refractivity (Wildman–Crippen MR) is 72.8 cm³/mol. The Kier molecular flexibility index (Phi) is 4.63. The molecule has 1 aromatic rings. The summed E-state index contributed by atoms with van der Waals surface area (Å²) in [5.74, 6) is 0.727. The summed E-state index contributed by atoms with van der Waals surface area (Å²) in [6.45, 7) is 8.16. The molecule has 0 bridgehead atoms. The van der Waals surface area contributed by atoms with Crippen molar-refractivity contribution in [3.63, 3.8) is 0 Å². The molecule has 0 saturated carbocycles. The highest BCUT2D eigenvalue weighted by molar-refractivity contribution is 5.31. The van der Waals surface area contributed by atoms with Gasteiger partial charge in [0.25, 0.3) is 0 Å². The van der Waals surface area contributed by atoms with Crippen molar-refractivity contribution in [1.82, 2.24) is 20.1 Å². The number of hydrogen-bond donors (Lipinski definition) is 0. The molecule has 0 spiro atoms. The Balaban J connectivity index is 2.05. The van der Waals surface area contributed by atoms with Gasteiger partial charge in [-0.1, -0.05) is 13.8 Å². The summed E-state index contributed by atoms with van der Waals surface area (Å²) in [6, 6.07) is 2.19. The van der Waals surface area contributed by atoms with Crippen LogP contribution >= 0.6 is 0 Å². The van der Waals surface area contributed by atoms with Crippen LogP contribution < -0.4 is 4.90 Å². The van der Waals surface area contributed by atoms with Gasteiger partial charge >= 0.3 is 0 Å². The fourth-order valence-electron chi connectivity index (χ4n) is 2.27. The van der Waals surface area contributed by atoms with Gasteiger partial charge in [-0.15, -0.1) is 5.10 Å². The number of nitrogens with zero attached hydrogens (tertiary/aromatic N) is 6. The van der Waals surface area contributed by atoms with E-state index in [4.69, 9.17) is 5.26 Å². The second kappa shape index (κ2) is 6.43. The van der Waals surface area contributed by atoms with E-state index in [1.165, 1.54) is 0 Å². The Morgan fingerprint density at radius 3 is 2.32 bits per heavy atom. The average molecular weight is 260 g/mol. The van der Waals surface area contributed by atoms with Gasteiger partial charge in [0, 0.05) is 26.2 Å². The molecule has 1 fully saturated rings. The van der Waals surface area contributed by atoms with Gasteiger partial charge in [0.15, 0.2) is 0 Å². The summed E-state index contributed by atoms with van der Waals surface area (Å²) in [7, 11) is 0. The zero-order valence-corrected chi connectivity index (χ0v) is 11.6. The summed E-state index contributed by atoms with van der Waals surface area (Å²) in [4.78, 5) is 8.92. The maximum atomic E-state index is 8.69. The minimum absolute atomic E-state index is 0.502. The van der Waals surface area contributed by atoms with Gasteiger partial charge < -0.3 is 4.90 Å². The SMILES string of the molecule is CCc1nnc(N2CCN(CC#N)CC2)nc1CC. The van der Waals surface area contributed by atoms with Crippen LogP contribution in [0.4, 0.5) is 5.95 Å². The predicted octanol–water partition coefficient (Wildman–Crippen LogP) is 0.642. The monoisotopic (exact) mass is 260 g/mol. The second-order valence-electron chi connectivity index (χ2n) is 4.63. The van der Waals surface area contributed by atoms with Gasteiger partial charge in [-0.2, -0.15) is 10.4 Å². The highest BCUT2D eigenvalue weighted by atomic mass is 15.4. The first-order valence-electron chi connectivity index (χ1n) is 6.85. The topological polar surface area (TPSA) is 68.9 Å². The van der Waals surface area contributed by atoms with Crippen LogP contribution in [0.2, 0.25) is 0 Å². The lowest BCUT2D eigenvalue weighted by Gasteiger charge is -2.33. The Morgan fingerprint density at radius 1 is 1.05 bits per heavy atom. The molecule has 2 heterocycles. The standard InChI is InChI=1S/C13H20N6/c1-3-11-12(4-2)16-17-13(15-11)19-9-7-18(6-5-14)8-10-19/h3-4,6-10H2,1-2H3. The molecule has 0 radical (unpaired) electrons. The molecular formula is C13H20N6. The maximum Gasteiger partial charge on any atom is 0.245 e. The molecule has 1 aliphatic heterocycles. The number of hydrogen-bond acceptors (Lipinski definition) is 6. The summed E-state index contributed by atoms with van der Waals surface area (Å²) >= 11 is 0. The largest absolute Gasteiger partial charge is 0.337 e. The minimum Gasteiger partial charge on any atom is -0.337 e. The fraction of sp³-hybridized carbons (Fsp3) is 0.692. The number of anilines is 1. The lowest BCUT2D eigenvalue weighted by atomic mass is 10.2. The number of aryl methyl sites for hydroxylation is 2. The van der Waals surface area contributed by atoms with Gasteiger partial charge in [0.05, 0.1) is 24.0 Å². The molecule has 19 heavy (non-hydrogen) atoms. The molecule has 1 aromatic heterocycles. The van der Waals surface area contributed by atoms with Crippen molar-refractivity contribution in [3.8, 4) is 6.07 Å². The van der Waals surface area contributed by atoms with E-state index >= 15 is 0 Å². The lowest BCUT2D eigenvalue weighted by Crippen LogP contribution is -2.47. The first-order valence-corrected chi connectivity index (χ1v) is 6.85. The molecule has 1 aliphatic rings. The molecule has 0 N–H and O–H groups in total. The summed E-state index contributed by atoms with van der Waals surface area (Å²) in [6.07, 6.45) is 1.76. The highest BCUT2D eigenvalue weighted by Crippen LogP contribution is 2.13. The molecule has 0 amide bonds. The third kappa shape index (κ3) is 3.18. The van der Waals surface area contributed by atoms with Crippen LogP contribution in [-0.4, -0.2) is 52.8 Å². The van der Waals surface area contributed by atoms with E-state index in [0.717, 1.165) is 56.4 Å². The lowest BCUT2D eigenvalue weighted by molar-refractivity contribution is 0.285. The van der Waals surface area contributed by atoms with Crippen molar-refractivity contribution in [1.29, 1.82) is 5.26 Å². The van der Waals surface area contributed by atoms with E-state index in [-0.39, 0.29) is 0 Å². The number of piperazine rings is 1. The zero-order valence-electron chi connectivity index (χ0n) is 11.6. The minimum atomic E-state index is 0.502. The Bertz CT molecular complexity index is 459. The molecule has 1 saturated heterocycles. The number of rotatable bonds is 4. The van der Waals surface area contributed by atoms with E-state index in [1.54, 1.807) is 0 Å².